The number of alkyl carbamates (subject to hydrolysis) is 1. The highest BCUT2D eigenvalue weighted by Crippen LogP contribution is 2.66. The summed E-state index contributed by atoms with van der Waals surface area (Å²) in [6, 6.07) is 6.92. The Morgan fingerprint density at radius 2 is 1.77 bits per heavy atom. The third-order valence-corrected chi connectivity index (χ3v) is 14.1. The molecule has 2 bridgehead atoms. The van der Waals surface area contributed by atoms with E-state index in [9.17, 15) is 33.8 Å². The highest BCUT2D eigenvalue weighted by atomic mass is 19.1. The topological polar surface area (TPSA) is 189 Å². The zero-order valence-corrected chi connectivity index (χ0v) is 36.0. The third-order valence-electron chi connectivity index (χ3n) is 14.1. The molecule has 3 saturated heterocycles. The minimum absolute atomic E-state index is 0.0397. The maximum Gasteiger partial charge on any atom is 0.408 e. The quantitative estimate of drug-likeness (QED) is 0.173. The van der Waals surface area contributed by atoms with E-state index in [1.807, 2.05) is 20.8 Å². The van der Waals surface area contributed by atoms with Crippen molar-refractivity contribution in [3.05, 3.63) is 47.0 Å². The molecular formula is C44H61FN2O13. The number of esters is 3. The number of halogens is 1. The van der Waals surface area contributed by atoms with Crippen molar-refractivity contribution in [2.24, 2.45) is 16.7 Å². The molecule has 13 atom stereocenters. The van der Waals surface area contributed by atoms with Gasteiger partial charge in [-0.3, -0.25) is 9.69 Å². The number of benzene rings is 1. The molecule has 3 aliphatic heterocycles. The van der Waals surface area contributed by atoms with E-state index in [-0.39, 0.29) is 18.6 Å². The average molecular weight is 845 g/mol. The summed E-state index contributed by atoms with van der Waals surface area (Å²) in [6.07, 6.45) is -7.25. The van der Waals surface area contributed by atoms with E-state index in [0.29, 0.717) is 36.6 Å². The summed E-state index contributed by atoms with van der Waals surface area (Å²) < 4.78 is 58.6. The van der Waals surface area contributed by atoms with E-state index in [2.05, 4.69) is 17.1 Å². The Balaban J connectivity index is 1.36. The smallest absolute Gasteiger partial charge is 0.408 e. The lowest BCUT2D eigenvalue weighted by atomic mass is 9.45. The molecule has 15 nitrogen and oxygen atoms in total. The number of aliphatic hydroxyl groups is 2. The number of ether oxygens (including phenoxy) is 7. The molecule has 60 heavy (non-hydrogen) atoms. The van der Waals surface area contributed by atoms with Gasteiger partial charge >= 0.3 is 24.0 Å². The van der Waals surface area contributed by atoms with E-state index in [4.69, 9.17) is 33.2 Å². The second-order valence-corrected chi connectivity index (χ2v) is 19.4. The Hall–Kier alpha value is -3.67. The Morgan fingerprint density at radius 3 is 2.33 bits per heavy atom. The summed E-state index contributed by atoms with van der Waals surface area (Å²) in [7, 11) is 0. The molecule has 0 spiro atoms. The van der Waals surface area contributed by atoms with Gasteiger partial charge in [-0.15, -0.1) is 0 Å². The highest BCUT2D eigenvalue weighted by molar-refractivity contribution is 5.89. The van der Waals surface area contributed by atoms with Gasteiger partial charge in [-0.05, 0) is 77.2 Å². The van der Waals surface area contributed by atoms with Gasteiger partial charge < -0.3 is 48.7 Å². The molecule has 0 unspecified atom stereocenters. The summed E-state index contributed by atoms with van der Waals surface area (Å²) in [6.45, 7) is 15.6. The van der Waals surface area contributed by atoms with E-state index in [0.717, 1.165) is 13.0 Å². The number of alkyl halides is 1. The molecule has 5 fully saturated rings. The van der Waals surface area contributed by atoms with Crippen LogP contribution in [-0.2, 0) is 42.7 Å². The Bertz CT molecular complexity index is 1870. The number of rotatable bonds is 10. The first-order valence-electron chi connectivity index (χ1n) is 21.1. The van der Waals surface area contributed by atoms with Crippen LogP contribution in [0.15, 0.2) is 41.5 Å². The number of amides is 1. The number of aliphatic hydroxyl groups excluding tert-OH is 1. The number of hydrogen-bond acceptors (Lipinski definition) is 14. The van der Waals surface area contributed by atoms with Gasteiger partial charge in [0.2, 0.25) is 0 Å². The van der Waals surface area contributed by atoms with Gasteiger partial charge in [0.1, 0.15) is 42.3 Å². The van der Waals surface area contributed by atoms with Gasteiger partial charge in [0, 0.05) is 43.3 Å². The number of fused-ring (bicyclic) bond motifs is 8. The van der Waals surface area contributed by atoms with Gasteiger partial charge in [-0.1, -0.05) is 39.0 Å². The number of likely N-dealkylation sites (tertiary alicyclic amines) is 1. The first-order valence-corrected chi connectivity index (χ1v) is 21.1. The Kier molecular flexibility index (Phi) is 11.8. The second-order valence-electron chi connectivity index (χ2n) is 19.4. The Labute approximate surface area is 350 Å². The summed E-state index contributed by atoms with van der Waals surface area (Å²) in [5, 5.41) is 27.1. The molecule has 2 saturated carbocycles. The minimum atomic E-state index is -2.18. The van der Waals surface area contributed by atoms with Crippen LogP contribution in [0.5, 0.6) is 0 Å². The van der Waals surface area contributed by atoms with Crippen LogP contribution in [-0.4, -0.2) is 137 Å². The summed E-state index contributed by atoms with van der Waals surface area (Å²) in [4.78, 5) is 56.2. The summed E-state index contributed by atoms with van der Waals surface area (Å²) >= 11 is 0. The monoisotopic (exact) mass is 844 g/mol. The molecule has 7 rings (SSSR count). The lowest BCUT2D eigenvalue weighted by molar-refractivity contribution is -0.345. The van der Waals surface area contributed by atoms with Crippen molar-refractivity contribution in [1.82, 2.24) is 10.2 Å². The number of carbonyl (C=O) groups excluding carboxylic acids is 4. The average Bonchev–Trinajstić information content (AvgIpc) is 3.58. The van der Waals surface area contributed by atoms with E-state index in [1.54, 1.807) is 58.0 Å². The van der Waals surface area contributed by atoms with Crippen molar-refractivity contribution in [3.63, 3.8) is 0 Å². The predicted molar refractivity (Wildman–Crippen MR) is 211 cm³/mol. The first kappa shape index (κ1) is 44.4. The molecule has 3 heterocycles. The third kappa shape index (κ3) is 7.52. The largest absolute Gasteiger partial charge is 0.456 e. The van der Waals surface area contributed by atoms with Crippen molar-refractivity contribution < 1.29 is 66.9 Å². The van der Waals surface area contributed by atoms with Gasteiger partial charge in [-0.25, -0.2) is 18.8 Å². The van der Waals surface area contributed by atoms with Crippen LogP contribution in [0.25, 0.3) is 0 Å². The number of carbonyl (C=O) groups is 4. The maximum atomic E-state index is 14.4. The molecule has 1 aromatic rings. The SMILES string of the molecule is CC(=O)O[C@@]12CO[C@@H]1CC[C@@]1(C)[C@@H]3O[C@H](CN4CC[C@@H]4C)O[C@@H]3C3=C(C)[C@@H](OC(=O)[C@H](O)[C@H](CF)NC(=O)OC(C)(C)C)C[C@@](O)([C@@H](OC(=O)c4ccccc4)[C@@H]12)C3(C)C. The second kappa shape index (κ2) is 15.9. The van der Waals surface area contributed by atoms with Crippen molar-refractivity contribution in [3.8, 4) is 0 Å². The lowest BCUT2D eigenvalue weighted by Gasteiger charge is -2.68. The van der Waals surface area contributed by atoms with Crippen molar-refractivity contribution in [2.45, 2.75) is 160 Å². The molecule has 3 aliphatic carbocycles. The zero-order chi connectivity index (χ0) is 43.7. The Morgan fingerprint density at radius 1 is 1.07 bits per heavy atom. The van der Waals surface area contributed by atoms with Crippen LogP contribution in [0, 0.1) is 16.7 Å². The van der Waals surface area contributed by atoms with Gasteiger partial charge in [0.25, 0.3) is 0 Å². The van der Waals surface area contributed by atoms with Crippen LogP contribution in [0.3, 0.4) is 0 Å². The van der Waals surface area contributed by atoms with Gasteiger partial charge in [0.05, 0.1) is 30.2 Å². The van der Waals surface area contributed by atoms with Crippen LogP contribution in [0.2, 0.25) is 0 Å². The summed E-state index contributed by atoms with van der Waals surface area (Å²) in [5.41, 5.74) is -5.42. The minimum Gasteiger partial charge on any atom is -0.456 e. The normalized spacial score (nSPS) is 37.9. The zero-order valence-electron chi connectivity index (χ0n) is 36.0. The highest BCUT2D eigenvalue weighted by Gasteiger charge is 2.77. The molecule has 1 amide bonds. The maximum absolute atomic E-state index is 14.4. The molecule has 16 heteroatoms. The van der Waals surface area contributed by atoms with E-state index in [1.165, 1.54) is 6.92 Å². The number of nitrogens with zero attached hydrogens (tertiary/aromatic N) is 1. The number of hydrogen-bond donors (Lipinski definition) is 3. The fraction of sp³-hybridized carbons (Fsp3) is 0.727. The molecular weight excluding hydrogens is 783 g/mol. The molecule has 1 aromatic carbocycles. The molecule has 0 aromatic heterocycles. The summed E-state index contributed by atoms with van der Waals surface area (Å²) in [5.74, 6) is -3.55. The van der Waals surface area contributed by atoms with Crippen molar-refractivity contribution in [2.75, 3.05) is 26.4 Å². The van der Waals surface area contributed by atoms with E-state index >= 15 is 0 Å². The number of nitrogens with one attached hydrogen (secondary N) is 1. The van der Waals surface area contributed by atoms with Crippen LogP contribution >= 0.6 is 0 Å². The lowest BCUT2D eigenvalue weighted by Crippen LogP contribution is -2.79. The van der Waals surface area contributed by atoms with E-state index < -0.39 is 113 Å². The van der Waals surface area contributed by atoms with Crippen molar-refractivity contribution in [1.29, 1.82) is 0 Å². The molecule has 0 radical (unpaired) electrons. The molecule has 332 valence electrons. The molecule has 6 aliphatic rings. The first-order chi connectivity index (χ1) is 28.1. The van der Waals surface area contributed by atoms with Crippen LogP contribution < -0.4 is 5.32 Å². The van der Waals surface area contributed by atoms with Crippen LogP contribution in [0.4, 0.5) is 9.18 Å². The van der Waals surface area contributed by atoms with Crippen molar-refractivity contribution >= 4 is 24.0 Å². The standard InChI is InChI=1S/C44H61FN2O13/c1-23-16-18-47(23)21-30-56-33-31-24(2)28(55-38(51)32(49)27(20-45)46-39(52)60-40(4,5)6)19-44(53,41(31,7)8)36(58-37(50)26-13-11-10-12-14-26)34-42(9,35(33)57-30)17-15-29-43(34,22-54-29)59-25(3)48/h10-14,23,27-30,32-36,49,53H,15-22H2,1-9H3,(H,46,52)/t23-,27-,28-,29+,30+,32+,33+,34-,35+,36-,42+,43-,44+/m0/s1. The van der Waals surface area contributed by atoms with Crippen LogP contribution in [0.1, 0.15) is 98.4 Å². The molecule has 3 N–H and O–H groups in total. The predicted octanol–water partition coefficient (Wildman–Crippen LogP) is 4.16. The fourth-order valence-corrected chi connectivity index (χ4v) is 10.8. The fourth-order valence-electron chi connectivity index (χ4n) is 10.8. The van der Waals surface area contributed by atoms with Gasteiger partial charge in [0.15, 0.2) is 18.0 Å². The van der Waals surface area contributed by atoms with Gasteiger partial charge in [-0.2, -0.15) is 0 Å².